The van der Waals surface area contributed by atoms with Crippen LogP contribution in [0.4, 0.5) is 13.2 Å². The van der Waals surface area contributed by atoms with Crippen LogP contribution in [0.1, 0.15) is 50.5 Å². The van der Waals surface area contributed by atoms with Crippen molar-refractivity contribution in [3.63, 3.8) is 0 Å². The molecule has 14 nitrogen and oxygen atoms in total. The molecule has 5 atom stereocenters. The molecule has 6 rings (SSSR count). The smallest absolute Gasteiger partial charge is 0.459 e. The Hall–Kier alpha value is -3.83. The van der Waals surface area contributed by atoms with Crippen molar-refractivity contribution in [1.29, 1.82) is 0 Å². The van der Waals surface area contributed by atoms with Gasteiger partial charge in [0.25, 0.3) is 0 Å². The highest BCUT2D eigenvalue weighted by Crippen LogP contribution is 2.52. The summed E-state index contributed by atoms with van der Waals surface area (Å²) >= 11 is 6.00. The summed E-state index contributed by atoms with van der Waals surface area (Å²) in [6, 6.07) is 10.4. The lowest BCUT2D eigenvalue weighted by Gasteiger charge is -2.41. The average Bonchev–Trinajstić information content (AvgIpc) is 3.59. The van der Waals surface area contributed by atoms with Gasteiger partial charge >= 0.3 is 19.9 Å². The van der Waals surface area contributed by atoms with Crippen molar-refractivity contribution in [1.82, 2.24) is 24.6 Å². The molecule has 3 heterocycles. The number of aliphatic hydroxyl groups is 2. The molecule has 0 bridgehead atoms. The minimum absolute atomic E-state index is 0.0320. The van der Waals surface area contributed by atoms with Crippen LogP contribution >= 0.6 is 19.3 Å². The number of benzene rings is 2. The monoisotopic (exact) mass is 755 g/mol. The first kappa shape index (κ1) is 36.9. The summed E-state index contributed by atoms with van der Waals surface area (Å²) in [5.41, 5.74) is -4.27. The van der Waals surface area contributed by atoms with Gasteiger partial charge in [0.2, 0.25) is 5.88 Å². The second-order valence-electron chi connectivity index (χ2n) is 12.3. The number of alkyl halides is 3. The maximum Gasteiger partial charge on any atom is 0.459 e. The Morgan fingerprint density at radius 3 is 2.55 bits per heavy atom. The number of halogens is 4. The van der Waals surface area contributed by atoms with Gasteiger partial charge in [-0.3, -0.25) is 13.9 Å². The topological polar surface area (TPSA) is 176 Å². The zero-order chi connectivity index (χ0) is 36.6. The number of nitrogens with zero attached hydrogens (tertiary/aromatic N) is 4. The molecule has 274 valence electrons. The summed E-state index contributed by atoms with van der Waals surface area (Å²) < 4.78 is 85.0. The van der Waals surface area contributed by atoms with E-state index in [0.29, 0.717) is 18.1 Å². The summed E-state index contributed by atoms with van der Waals surface area (Å²) in [6.07, 6.45) is -5.56. The maximum atomic E-state index is 14.5. The summed E-state index contributed by atoms with van der Waals surface area (Å²) in [4.78, 5) is 26.0. The van der Waals surface area contributed by atoms with Crippen LogP contribution in [-0.2, 0) is 36.1 Å². The summed E-state index contributed by atoms with van der Waals surface area (Å²) in [5, 5.41) is 25.6. The fourth-order valence-corrected chi connectivity index (χ4v) is 7.74. The molecule has 4 aromatic rings. The molecule has 2 fully saturated rings. The molecule has 1 aliphatic heterocycles. The van der Waals surface area contributed by atoms with Crippen molar-refractivity contribution in [2.45, 2.75) is 75.5 Å². The van der Waals surface area contributed by atoms with Crippen LogP contribution in [0.15, 0.2) is 61.2 Å². The van der Waals surface area contributed by atoms with Crippen LogP contribution in [0, 0.1) is 0 Å². The molecule has 2 aromatic heterocycles. The molecule has 2 unspecified atom stereocenters. The maximum absolute atomic E-state index is 14.5. The van der Waals surface area contributed by atoms with Crippen molar-refractivity contribution in [3.05, 3.63) is 77.3 Å². The van der Waals surface area contributed by atoms with E-state index in [-0.39, 0.29) is 41.2 Å². The first-order valence-corrected chi connectivity index (χ1v) is 17.8. The molecule has 1 saturated carbocycles. The van der Waals surface area contributed by atoms with E-state index >= 15 is 0 Å². The minimum atomic E-state index is -4.67. The third kappa shape index (κ3) is 7.56. The normalized spacial score (nSPS) is 24.1. The third-order valence-corrected chi connectivity index (χ3v) is 10.6. The molecule has 2 aromatic carbocycles. The number of aromatic nitrogens is 4. The Morgan fingerprint density at radius 1 is 1.16 bits per heavy atom. The lowest BCUT2D eigenvalue weighted by molar-refractivity contribution is -0.157. The van der Waals surface area contributed by atoms with Crippen LogP contribution in [0.25, 0.3) is 11.2 Å². The highest BCUT2D eigenvalue weighted by molar-refractivity contribution is 7.52. The number of hydrogen-bond acceptors (Lipinski definition) is 12. The first-order valence-electron chi connectivity index (χ1n) is 15.8. The molecule has 1 aliphatic carbocycles. The number of carbonyl (C=O) groups is 1. The highest BCUT2D eigenvalue weighted by Gasteiger charge is 2.56. The minimum Gasteiger partial charge on any atom is -0.476 e. The van der Waals surface area contributed by atoms with Crippen LogP contribution in [0.5, 0.6) is 11.6 Å². The van der Waals surface area contributed by atoms with Gasteiger partial charge in [-0.1, -0.05) is 29.8 Å². The summed E-state index contributed by atoms with van der Waals surface area (Å²) in [5.74, 6) is -0.724. The van der Waals surface area contributed by atoms with E-state index in [9.17, 15) is 32.7 Å². The predicted molar refractivity (Wildman–Crippen MR) is 174 cm³/mol. The highest BCUT2D eigenvalue weighted by atomic mass is 35.5. The van der Waals surface area contributed by atoms with E-state index in [2.05, 4.69) is 20.0 Å². The molecular formula is C32H34ClF3N5O9P. The van der Waals surface area contributed by atoms with Gasteiger partial charge in [0.05, 0.1) is 25.1 Å². The van der Waals surface area contributed by atoms with Crippen molar-refractivity contribution >= 4 is 36.5 Å². The van der Waals surface area contributed by atoms with E-state index in [4.69, 9.17) is 34.9 Å². The van der Waals surface area contributed by atoms with Gasteiger partial charge < -0.3 is 28.9 Å². The fraction of sp³-hybridized carbons (Fsp3) is 0.438. The van der Waals surface area contributed by atoms with E-state index in [1.165, 1.54) is 66.6 Å². The Kier molecular flexibility index (Phi) is 10.4. The predicted octanol–water partition coefficient (Wildman–Crippen LogP) is 5.37. The molecule has 0 amide bonds. The SMILES string of the molecule is CCOc1ncnc2c1ncn2[C@@H]1OC(COP(=O)(NC2(C(=O)OCc3ccccc3C(F)(F)F)CCC2)Oc2ccc(Cl)cc2)[C@@H](O)[C@@]1(C)O. The molecule has 0 radical (unpaired) electrons. The van der Waals surface area contributed by atoms with Gasteiger partial charge in [0, 0.05) is 10.6 Å². The Balaban J connectivity index is 1.22. The van der Waals surface area contributed by atoms with E-state index in [1.54, 1.807) is 6.92 Å². The van der Waals surface area contributed by atoms with Crippen LogP contribution in [0.2, 0.25) is 5.02 Å². The fourth-order valence-electron chi connectivity index (χ4n) is 5.87. The van der Waals surface area contributed by atoms with Gasteiger partial charge in [0.15, 0.2) is 17.4 Å². The van der Waals surface area contributed by atoms with E-state index in [1.807, 2.05) is 0 Å². The van der Waals surface area contributed by atoms with Crippen molar-refractivity contribution < 1.29 is 56.0 Å². The Morgan fingerprint density at radius 2 is 1.88 bits per heavy atom. The average molecular weight is 756 g/mol. The lowest BCUT2D eigenvalue weighted by atomic mass is 9.78. The van der Waals surface area contributed by atoms with Crippen LogP contribution < -0.4 is 14.3 Å². The number of esters is 1. The summed E-state index contributed by atoms with van der Waals surface area (Å²) in [6.45, 7) is 2.10. The standard InChI is InChI=1S/C32H34ClF3N5O9P/c1-3-46-27-24-26(37-17-38-27)41(18-39-24)28-30(2,44)25(42)23(49-28)16-48-51(45,50-21-11-9-20(33)10-12-21)40-31(13-6-14-31)29(43)47-15-19-7-4-5-8-22(19)32(34,35)36/h4-5,7-12,17-18,23,25,28,42,44H,3,6,13-16H2,1-2H3,(H,40,45)/t23?,25-,28-,30-,51?/m1/s1. The number of ether oxygens (including phenoxy) is 3. The zero-order valence-electron chi connectivity index (χ0n) is 27.2. The van der Waals surface area contributed by atoms with Crippen molar-refractivity contribution in [3.8, 4) is 11.6 Å². The van der Waals surface area contributed by atoms with Crippen molar-refractivity contribution in [2.75, 3.05) is 13.2 Å². The third-order valence-electron chi connectivity index (χ3n) is 8.69. The molecule has 0 spiro atoms. The van der Waals surface area contributed by atoms with Gasteiger partial charge in [-0.05, 0) is 63.4 Å². The van der Waals surface area contributed by atoms with Gasteiger partial charge in [0.1, 0.15) is 42.0 Å². The van der Waals surface area contributed by atoms with Gasteiger partial charge in [-0.25, -0.2) is 14.5 Å². The number of nitrogens with one attached hydrogen (secondary N) is 1. The van der Waals surface area contributed by atoms with E-state index < -0.39 is 68.2 Å². The Labute approximate surface area is 294 Å². The number of imidazole rings is 1. The second-order valence-corrected chi connectivity index (χ2v) is 14.3. The van der Waals surface area contributed by atoms with Gasteiger partial charge in [-0.15, -0.1) is 0 Å². The molecular weight excluding hydrogens is 722 g/mol. The van der Waals surface area contributed by atoms with Crippen LogP contribution in [0.3, 0.4) is 0 Å². The quantitative estimate of drug-likeness (QED) is 0.117. The summed E-state index contributed by atoms with van der Waals surface area (Å²) in [7, 11) is -4.59. The van der Waals surface area contributed by atoms with Crippen molar-refractivity contribution in [2.24, 2.45) is 0 Å². The zero-order valence-corrected chi connectivity index (χ0v) is 28.9. The number of carbonyl (C=O) groups excluding carboxylic acids is 1. The van der Waals surface area contributed by atoms with Gasteiger partial charge in [-0.2, -0.15) is 23.2 Å². The van der Waals surface area contributed by atoms with Crippen LogP contribution in [-0.4, -0.2) is 72.3 Å². The largest absolute Gasteiger partial charge is 0.476 e. The molecule has 2 aliphatic rings. The Bertz CT molecular complexity index is 1930. The lowest BCUT2D eigenvalue weighted by Crippen LogP contribution is -2.57. The molecule has 1 saturated heterocycles. The molecule has 51 heavy (non-hydrogen) atoms. The molecule has 3 N–H and O–H groups in total. The number of fused-ring (bicyclic) bond motifs is 1. The number of hydrogen-bond donors (Lipinski definition) is 3. The molecule has 19 heteroatoms. The number of rotatable bonds is 13. The first-order chi connectivity index (χ1) is 24.2. The second kappa shape index (κ2) is 14.3. The van der Waals surface area contributed by atoms with E-state index in [0.717, 1.165) is 6.07 Å². The number of aliphatic hydroxyl groups excluding tert-OH is 1.